The summed E-state index contributed by atoms with van der Waals surface area (Å²) in [5.41, 5.74) is 2.39. The van der Waals surface area contributed by atoms with Gasteiger partial charge in [-0.25, -0.2) is 4.79 Å². The van der Waals surface area contributed by atoms with E-state index in [4.69, 9.17) is 0 Å². The lowest BCUT2D eigenvalue weighted by Gasteiger charge is -2.04. The third-order valence-corrected chi connectivity index (χ3v) is 2.95. The van der Waals surface area contributed by atoms with Crippen LogP contribution < -0.4 is 0 Å². The summed E-state index contributed by atoms with van der Waals surface area (Å²) in [6.45, 7) is 1.95. The summed E-state index contributed by atoms with van der Waals surface area (Å²) < 4.78 is 2.39. The molecule has 0 saturated heterocycles. The Balaban J connectivity index is 2.06. The number of hydrogen-bond donors (Lipinski definition) is 0. The molecule has 3 rings (SSSR count). The normalized spacial score (nSPS) is 10.7. The minimum atomic E-state index is -0.394. The number of carbonyl (C=O) groups excluding carboxylic acids is 1. The van der Waals surface area contributed by atoms with Crippen LogP contribution in [0.25, 0.3) is 11.3 Å². The van der Waals surface area contributed by atoms with Crippen molar-refractivity contribution in [1.29, 1.82) is 0 Å². The molecule has 0 amide bonds. The van der Waals surface area contributed by atoms with Crippen molar-refractivity contribution in [2.45, 2.75) is 13.3 Å². The lowest BCUT2D eigenvalue weighted by Crippen LogP contribution is -2.23. The summed E-state index contributed by atoms with van der Waals surface area (Å²) >= 11 is 0. The van der Waals surface area contributed by atoms with Gasteiger partial charge in [-0.1, -0.05) is 47.7 Å². The molecule has 0 saturated carbocycles. The van der Waals surface area contributed by atoms with Gasteiger partial charge in [0.15, 0.2) is 0 Å². The third-order valence-electron chi connectivity index (χ3n) is 2.95. The maximum absolute atomic E-state index is 12.3. The second-order valence-electron chi connectivity index (χ2n) is 4.15. The monoisotopic (exact) mass is 268 g/mol. The van der Waals surface area contributed by atoms with E-state index in [9.17, 15) is 4.79 Å². The van der Waals surface area contributed by atoms with Crippen LogP contribution in [0.1, 0.15) is 12.6 Å². The minimum Gasteiger partial charge on any atom is -0.243 e. The van der Waals surface area contributed by atoms with Crippen LogP contribution in [0.4, 0.5) is 4.79 Å². The molecule has 2 aromatic heterocycles. The molecule has 100 valence electrons. The second kappa shape index (κ2) is 5.04. The van der Waals surface area contributed by atoms with Crippen molar-refractivity contribution >= 4 is 6.03 Å². The Morgan fingerprint density at radius 1 is 1.20 bits per heavy atom. The van der Waals surface area contributed by atoms with Crippen LogP contribution in [0.3, 0.4) is 0 Å². The smallest absolute Gasteiger partial charge is 0.243 e. The molecule has 1 aromatic carbocycles. The molecule has 20 heavy (non-hydrogen) atoms. The van der Waals surface area contributed by atoms with Gasteiger partial charge in [-0.2, -0.15) is 9.36 Å². The van der Waals surface area contributed by atoms with E-state index in [1.54, 1.807) is 0 Å². The fraction of sp³-hybridized carbons (Fsp3) is 0.154. The van der Waals surface area contributed by atoms with Crippen molar-refractivity contribution < 1.29 is 4.79 Å². The Kier molecular flexibility index (Phi) is 3.08. The molecular weight excluding hydrogens is 256 g/mol. The number of benzene rings is 1. The lowest BCUT2D eigenvalue weighted by atomic mass is 10.1. The van der Waals surface area contributed by atoms with Crippen LogP contribution in [0, 0.1) is 0 Å². The number of aromatic nitrogens is 6. The second-order valence-corrected chi connectivity index (χ2v) is 4.15. The van der Waals surface area contributed by atoms with E-state index in [0.29, 0.717) is 12.1 Å². The zero-order valence-corrected chi connectivity index (χ0v) is 10.8. The molecule has 0 atom stereocenters. The Morgan fingerprint density at radius 3 is 2.65 bits per heavy atom. The largest absolute Gasteiger partial charge is 0.372 e. The lowest BCUT2D eigenvalue weighted by molar-refractivity contribution is 0.236. The zero-order chi connectivity index (χ0) is 13.9. The van der Waals surface area contributed by atoms with Gasteiger partial charge in [0.05, 0.1) is 18.1 Å². The van der Waals surface area contributed by atoms with Gasteiger partial charge in [-0.05, 0) is 6.42 Å². The highest BCUT2D eigenvalue weighted by atomic mass is 16.2. The molecule has 7 nitrogen and oxygen atoms in total. The number of hydrogen-bond acceptors (Lipinski definition) is 5. The molecule has 2 heterocycles. The first-order valence-electron chi connectivity index (χ1n) is 6.22. The molecule has 0 aliphatic carbocycles. The molecule has 0 fully saturated rings. The maximum atomic E-state index is 12.3. The van der Waals surface area contributed by atoms with Crippen LogP contribution in [0.5, 0.6) is 0 Å². The van der Waals surface area contributed by atoms with Crippen LogP contribution >= 0.6 is 0 Å². The summed E-state index contributed by atoms with van der Waals surface area (Å²) in [5.74, 6) is 0. The van der Waals surface area contributed by atoms with Crippen molar-refractivity contribution in [1.82, 2.24) is 30.0 Å². The first-order valence-corrected chi connectivity index (χ1v) is 6.22. The van der Waals surface area contributed by atoms with Crippen LogP contribution in [-0.2, 0) is 6.42 Å². The standard InChI is InChI=1S/C13H12N6O/c1-2-11-12(10-6-4-3-5-7-10)15-17-19(11)13(20)18-9-8-14-16-18/h3-9H,2H2,1H3. The molecule has 0 N–H and O–H groups in total. The average Bonchev–Trinajstić information content (AvgIpc) is 3.16. The van der Waals surface area contributed by atoms with E-state index in [0.717, 1.165) is 15.9 Å². The van der Waals surface area contributed by atoms with E-state index in [1.807, 2.05) is 37.3 Å². The first kappa shape index (κ1) is 12.2. The number of carbonyl (C=O) groups is 1. The predicted molar refractivity (Wildman–Crippen MR) is 71.1 cm³/mol. The van der Waals surface area contributed by atoms with Gasteiger partial charge in [0.1, 0.15) is 5.69 Å². The molecule has 3 aromatic rings. The predicted octanol–water partition coefficient (Wildman–Crippen LogP) is 1.62. The van der Waals surface area contributed by atoms with Gasteiger partial charge < -0.3 is 0 Å². The van der Waals surface area contributed by atoms with Crippen molar-refractivity contribution in [2.75, 3.05) is 0 Å². The van der Waals surface area contributed by atoms with Crippen LogP contribution in [-0.4, -0.2) is 36.0 Å². The van der Waals surface area contributed by atoms with Gasteiger partial charge in [0.2, 0.25) is 0 Å². The summed E-state index contributed by atoms with van der Waals surface area (Å²) in [4.78, 5) is 12.3. The van der Waals surface area contributed by atoms with Gasteiger partial charge in [0, 0.05) is 5.56 Å². The van der Waals surface area contributed by atoms with E-state index in [1.165, 1.54) is 17.1 Å². The van der Waals surface area contributed by atoms with E-state index >= 15 is 0 Å². The molecule has 0 spiro atoms. The fourth-order valence-electron chi connectivity index (χ4n) is 2.00. The van der Waals surface area contributed by atoms with Crippen molar-refractivity contribution in [2.24, 2.45) is 0 Å². The van der Waals surface area contributed by atoms with Gasteiger partial charge >= 0.3 is 6.03 Å². The summed E-state index contributed by atoms with van der Waals surface area (Å²) in [5, 5.41) is 15.4. The quantitative estimate of drug-likeness (QED) is 0.705. The van der Waals surface area contributed by atoms with Crippen LogP contribution in [0.2, 0.25) is 0 Å². The fourth-order valence-corrected chi connectivity index (χ4v) is 2.00. The van der Waals surface area contributed by atoms with Crippen molar-refractivity contribution in [3.63, 3.8) is 0 Å². The Morgan fingerprint density at radius 2 is 2.00 bits per heavy atom. The highest BCUT2D eigenvalue weighted by molar-refractivity contribution is 5.79. The number of nitrogens with zero attached hydrogens (tertiary/aromatic N) is 6. The summed E-state index contributed by atoms with van der Waals surface area (Å²) in [6.07, 6.45) is 3.56. The average molecular weight is 268 g/mol. The van der Waals surface area contributed by atoms with Crippen molar-refractivity contribution in [3.8, 4) is 11.3 Å². The molecule has 7 heteroatoms. The number of rotatable bonds is 2. The summed E-state index contributed by atoms with van der Waals surface area (Å²) in [7, 11) is 0. The SMILES string of the molecule is CCc1c(-c2ccccc2)nnn1C(=O)n1ccnn1. The third kappa shape index (κ3) is 1.99. The minimum absolute atomic E-state index is 0.394. The van der Waals surface area contributed by atoms with Crippen molar-refractivity contribution in [3.05, 3.63) is 48.4 Å². The summed E-state index contributed by atoms with van der Waals surface area (Å²) in [6, 6.07) is 9.26. The van der Waals surface area contributed by atoms with E-state index in [2.05, 4.69) is 20.6 Å². The molecule has 0 unspecified atom stereocenters. The highest BCUT2D eigenvalue weighted by Crippen LogP contribution is 2.21. The Labute approximate surface area is 114 Å². The van der Waals surface area contributed by atoms with Gasteiger partial charge in [-0.15, -0.1) is 10.2 Å². The highest BCUT2D eigenvalue weighted by Gasteiger charge is 2.19. The molecule has 0 aliphatic rings. The first-order chi connectivity index (χ1) is 9.81. The van der Waals surface area contributed by atoms with E-state index in [-0.39, 0.29) is 0 Å². The maximum Gasteiger partial charge on any atom is 0.372 e. The molecule has 0 aliphatic heterocycles. The molecular formula is C13H12N6O. The van der Waals surface area contributed by atoms with Gasteiger partial charge in [-0.3, -0.25) is 0 Å². The molecule has 0 bridgehead atoms. The Bertz CT molecular complexity index is 717. The van der Waals surface area contributed by atoms with Crippen LogP contribution in [0.15, 0.2) is 42.7 Å². The van der Waals surface area contributed by atoms with E-state index < -0.39 is 6.03 Å². The molecule has 0 radical (unpaired) electrons. The zero-order valence-electron chi connectivity index (χ0n) is 10.8. The topological polar surface area (TPSA) is 78.5 Å². The van der Waals surface area contributed by atoms with Gasteiger partial charge in [0.25, 0.3) is 0 Å². The Hall–Kier alpha value is -2.83.